The molecule has 3 aromatic rings. The number of nitrogen functional groups attached to an aromatic ring is 1. The summed E-state index contributed by atoms with van der Waals surface area (Å²) in [7, 11) is 0. The molecule has 0 atom stereocenters. The number of aromatic nitrogens is 2. The van der Waals surface area contributed by atoms with Crippen molar-refractivity contribution in [3.05, 3.63) is 39.4 Å². The first-order valence-electron chi connectivity index (χ1n) is 5.00. The second-order valence-electron chi connectivity index (χ2n) is 3.57. The zero-order valence-corrected chi connectivity index (χ0v) is 11.7. The highest BCUT2D eigenvalue weighted by Crippen LogP contribution is 2.32. The van der Waals surface area contributed by atoms with E-state index in [9.17, 15) is 0 Å². The van der Waals surface area contributed by atoms with Crippen molar-refractivity contribution in [2.75, 3.05) is 5.73 Å². The van der Waals surface area contributed by atoms with E-state index in [2.05, 4.69) is 50.1 Å². The minimum absolute atomic E-state index is 0.533. The van der Waals surface area contributed by atoms with Gasteiger partial charge < -0.3 is 5.73 Å². The van der Waals surface area contributed by atoms with Gasteiger partial charge in [-0.05, 0) is 28.7 Å². The molecule has 3 nitrogen and oxygen atoms in total. The summed E-state index contributed by atoms with van der Waals surface area (Å²) in [6.07, 6.45) is 1.75. The first-order valence-corrected chi connectivity index (χ1v) is 6.96. The van der Waals surface area contributed by atoms with Gasteiger partial charge in [0.1, 0.15) is 5.82 Å². The molecule has 3 rings (SSSR count). The van der Waals surface area contributed by atoms with E-state index in [0.29, 0.717) is 11.6 Å². The van der Waals surface area contributed by atoms with Gasteiger partial charge in [0.25, 0.3) is 0 Å². The quantitative estimate of drug-likeness (QED) is 0.681. The van der Waals surface area contributed by atoms with Crippen LogP contribution in [0.1, 0.15) is 0 Å². The van der Waals surface area contributed by atoms with Crippen molar-refractivity contribution in [1.29, 1.82) is 0 Å². The number of hydrogen-bond acceptors (Lipinski definition) is 4. The summed E-state index contributed by atoms with van der Waals surface area (Å²) in [6, 6.07) is 8.23. The maximum atomic E-state index is 5.82. The Bertz CT molecular complexity index is 693. The van der Waals surface area contributed by atoms with E-state index < -0.39 is 0 Å². The number of anilines is 1. The first kappa shape index (κ1) is 10.9. The highest BCUT2D eigenvalue weighted by molar-refractivity contribution is 14.1. The third kappa shape index (κ3) is 1.89. The van der Waals surface area contributed by atoms with Gasteiger partial charge in [-0.15, -0.1) is 11.3 Å². The molecule has 5 heteroatoms. The van der Waals surface area contributed by atoms with Gasteiger partial charge in [-0.1, -0.05) is 18.2 Å². The molecule has 0 unspecified atom stereocenters. The van der Waals surface area contributed by atoms with E-state index in [4.69, 9.17) is 5.73 Å². The number of nitrogens with two attached hydrogens (primary N) is 1. The van der Waals surface area contributed by atoms with Gasteiger partial charge in [0.05, 0.1) is 3.57 Å². The molecule has 0 bridgehead atoms. The van der Waals surface area contributed by atoms with Crippen molar-refractivity contribution in [2.24, 2.45) is 0 Å². The number of nitrogens with zero attached hydrogens (tertiary/aromatic N) is 2. The molecule has 0 radical (unpaired) electrons. The highest BCUT2D eigenvalue weighted by atomic mass is 127. The molecule has 0 aliphatic carbocycles. The smallest absolute Gasteiger partial charge is 0.163 e. The summed E-state index contributed by atoms with van der Waals surface area (Å²) in [6.45, 7) is 0. The Morgan fingerprint density at radius 1 is 1.24 bits per heavy atom. The van der Waals surface area contributed by atoms with E-state index in [-0.39, 0.29) is 0 Å². The van der Waals surface area contributed by atoms with Crippen LogP contribution in [0.4, 0.5) is 5.82 Å². The van der Waals surface area contributed by atoms with Gasteiger partial charge in [-0.25, -0.2) is 9.97 Å². The average Bonchev–Trinajstić information content (AvgIpc) is 2.76. The summed E-state index contributed by atoms with van der Waals surface area (Å²) in [5.41, 5.74) is 6.87. The number of fused-ring (bicyclic) bond motifs is 1. The van der Waals surface area contributed by atoms with Gasteiger partial charge in [0.2, 0.25) is 0 Å². The predicted molar refractivity (Wildman–Crippen MR) is 80.0 cm³/mol. The van der Waals surface area contributed by atoms with Crippen molar-refractivity contribution in [1.82, 2.24) is 9.97 Å². The summed E-state index contributed by atoms with van der Waals surface area (Å²) >= 11 is 3.83. The summed E-state index contributed by atoms with van der Waals surface area (Å²) in [5, 5.41) is 3.25. The monoisotopic (exact) mass is 353 g/mol. The van der Waals surface area contributed by atoms with Crippen LogP contribution in [0.5, 0.6) is 0 Å². The molecule has 2 N–H and O–H groups in total. The van der Waals surface area contributed by atoms with Crippen molar-refractivity contribution >= 4 is 49.8 Å². The van der Waals surface area contributed by atoms with Gasteiger partial charge >= 0.3 is 0 Å². The Hall–Kier alpha value is -1.21. The Kier molecular flexibility index (Phi) is 2.71. The lowest BCUT2D eigenvalue weighted by atomic mass is 10.1. The van der Waals surface area contributed by atoms with E-state index in [0.717, 1.165) is 9.13 Å². The second kappa shape index (κ2) is 4.23. The summed E-state index contributed by atoms with van der Waals surface area (Å²) in [4.78, 5) is 8.67. The lowest BCUT2D eigenvalue weighted by molar-refractivity contribution is 1.17. The van der Waals surface area contributed by atoms with Crippen LogP contribution in [0, 0.1) is 3.57 Å². The van der Waals surface area contributed by atoms with Crippen molar-refractivity contribution < 1.29 is 0 Å². The van der Waals surface area contributed by atoms with E-state index >= 15 is 0 Å². The second-order valence-corrected chi connectivity index (χ2v) is 5.65. The molecule has 1 aromatic carbocycles. The predicted octanol–water partition coefficient (Wildman–Crippen LogP) is 3.55. The fraction of sp³-hybridized carbons (Fsp3) is 0. The molecular weight excluding hydrogens is 345 g/mol. The normalized spacial score (nSPS) is 10.9. The fourth-order valence-electron chi connectivity index (χ4n) is 1.66. The van der Waals surface area contributed by atoms with E-state index in [1.165, 1.54) is 10.1 Å². The molecule has 0 aliphatic heterocycles. The summed E-state index contributed by atoms with van der Waals surface area (Å²) in [5.74, 6) is 1.23. The van der Waals surface area contributed by atoms with Crippen molar-refractivity contribution in [3.63, 3.8) is 0 Å². The van der Waals surface area contributed by atoms with E-state index in [1.807, 2.05) is 12.1 Å². The van der Waals surface area contributed by atoms with Gasteiger partial charge in [-0.3, -0.25) is 0 Å². The van der Waals surface area contributed by atoms with E-state index in [1.54, 1.807) is 17.5 Å². The number of benzene rings is 1. The molecule has 0 aliphatic rings. The minimum atomic E-state index is 0.533. The number of halogens is 1. The van der Waals surface area contributed by atoms with Gasteiger partial charge in [0, 0.05) is 27.2 Å². The zero-order valence-electron chi connectivity index (χ0n) is 8.72. The highest BCUT2D eigenvalue weighted by Gasteiger charge is 2.09. The lowest BCUT2D eigenvalue weighted by Crippen LogP contribution is -1.97. The Morgan fingerprint density at radius 3 is 2.88 bits per heavy atom. The SMILES string of the molecule is Nc1nc(-c2csc3ccccc23)ncc1I. The number of thiophene rings is 1. The van der Waals surface area contributed by atoms with Crippen LogP contribution < -0.4 is 5.73 Å². The Morgan fingerprint density at radius 2 is 2.06 bits per heavy atom. The third-order valence-corrected chi connectivity index (χ3v) is 4.29. The Balaban J connectivity index is 2.24. The van der Waals surface area contributed by atoms with Gasteiger partial charge in [-0.2, -0.15) is 0 Å². The van der Waals surface area contributed by atoms with Crippen LogP contribution in [-0.4, -0.2) is 9.97 Å². The molecule has 84 valence electrons. The number of hydrogen-bond donors (Lipinski definition) is 1. The third-order valence-electron chi connectivity index (χ3n) is 2.49. The molecule has 0 amide bonds. The van der Waals surface area contributed by atoms with Crippen molar-refractivity contribution in [3.8, 4) is 11.4 Å². The largest absolute Gasteiger partial charge is 0.383 e. The van der Waals surface area contributed by atoms with Gasteiger partial charge in [0.15, 0.2) is 5.82 Å². The molecule has 0 spiro atoms. The van der Waals surface area contributed by atoms with Crippen molar-refractivity contribution in [2.45, 2.75) is 0 Å². The van der Waals surface area contributed by atoms with Crippen LogP contribution in [-0.2, 0) is 0 Å². The lowest BCUT2D eigenvalue weighted by Gasteiger charge is -2.01. The zero-order chi connectivity index (χ0) is 11.8. The molecule has 0 saturated heterocycles. The molecular formula is C12H8IN3S. The fourth-order valence-corrected chi connectivity index (χ4v) is 2.86. The molecule has 0 fully saturated rings. The minimum Gasteiger partial charge on any atom is -0.383 e. The molecule has 0 saturated carbocycles. The van der Waals surface area contributed by atoms with Crippen LogP contribution in [0.15, 0.2) is 35.8 Å². The van der Waals surface area contributed by atoms with Crippen LogP contribution >= 0.6 is 33.9 Å². The molecule has 2 heterocycles. The first-order chi connectivity index (χ1) is 8.25. The topological polar surface area (TPSA) is 51.8 Å². The molecule has 17 heavy (non-hydrogen) atoms. The van der Waals surface area contributed by atoms with Crippen LogP contribution in [0.3, 0.4) is 0 Å². The average molecular weight is 353 g/mol. The maximum absolute atomic E-state index is 5.82. The van der Waals surface area contributed by atoms with Crippen LogP contribution in [0.25, 0.3) is 21.5 Å². The summed E-state index contributed by atoms with van der Waals surface area (Å²) < 4.78 is 2.12. The number of rotatable bonds is 1. The maximum Gasteiger partial charge on any atom is 0.163 e. The Labute approximate surface area is 116 Å². The molecule has 2 aromatic heterocycles. The standard InChI is InChI=1S/C12H8IN3S/c13-9-5-15-12(16-11(9)14)8-6-17-10-4-2-1-3-7(8)10/h1-6H,(H2,14,15,16). The van der Waals surface area contributed by atoms with Crippen LogP contribution in [0.2, 0.25) is 0 Å².